The molecular formula is C13H25N3O2S. The van der Waals surface area contributed by atoms with E-state index >= 15 is 0 Å². The molecule has 3 N–H and O–H groups in total. The highest BCUT2D eigenvalue weighted by atomic mass is 32.2. The van der Waals surface area contributed by atoms with Crippen molar-refractivity contribution in [2.24, 2.45) is 5.73 Å². The Morgan fingerprint density at radius 1 is 1.37 bits per heavy atom. The zero-order valence-electron chi connectivity index (χ0n) is 12.2. The molecule has 1 aromatic rings. The third kappa shape index (κ3) is 4.06. The number of nitrogens with one attached hydrogen (secondary N) is 1. The minimum atomic E-state index is -3.49. The summed E-state index contributed by atoms with van der Waals surface area (Å²) in [7, 11) is -3.49. The second-order valence-corrected chi connectivity index (χ2v) is 7.09. The van der Waals surface area contributed by atoms with Gasteiger partial charge in [-0.3, -0.25) is 0 Å². The molecular weight excluding hydrogens is 262 g/mol. The smallest absolute Gasteiger partial charge is 0.242 e. The van der Waals surface area contributed by atoms with Gasteiger partial charge in [0.15, 0.2) is 0 Å². The van der Waals surface area contributed by atoms with E-state index in [4.69, 9.17) is 5.73 Å². The maximum Gasteiger partial charge on any atom is 0.242 e. The lowest BCUT2D eigenvalue weighted by molar-refractivity contribution is 0.439. The number of hydrogen-bond acceptors (Lipinski definition) is 3. The molecule has 1 aromatic heterocycles. The second kappa shape index (κ2) is 6.07. The largest absolute Gasteiger partial charge is 0.349 e. The van der Waals surface area contributed by atoms with Crippen molar-refractivity contribution in [3.63, 3.8) is 0 Å². The summed E-state index contributed by atoms with van der Waals surface area (Å²) < 4.78 is 29.3. The van der Waals surface area contributed by atoms with Crippen LogP contribution in [-0.4, -0.2) is 18.5 Å². The molecule has 0 bridgehead atoms. The molecule has 6 heteroatoms. The van der Waals surface area contributed by atoms with Gasteiger partial charge in [0.2, 0.25) is 10.0 Å². The minimum Gasteiger partial charge on any atom is -0.349 e. The highest BCUT2D eigenvalue weighted by Gasteiger charge is 2.26. The van der Waals surface area contributed by atoms with Crippen LogP contribution in [0.3, 0.4) is 0 Å². The van der Waals surface area contributed by atoms with Crippen LogP contribution in [0.4, 0.5) is 0 Å². The first-order valence-corrected chi connectivity index (χ1v) is 8.17. The molecule has 0 aromatic carbocycles. The second-order valence-electron chi connectivity index (χ2n) is 5.41. The number of rotatable bonds is 7. The standard InChI is InChI=1S/C13H25N3O2S/c1-5-7-16-10-12(8-11(16)9-14)19(17,18)15-13(3,4)6-2/h8,10,15H,5-7,9,14H2,1-4H3. The van der Waals surface area contributed by atoms with Crippen LogP contribution in [0.25, 0.3) is 0 Å². The molecule has 0 saturated heterocycles. The summed E-state index contributed by atoms with van der Waals surface area (Å²) in [6.45, 7) is 8.86. The molecule has 5 nitrogen and oxygen atoms in total. The Balaban J connectivity index is 3.08. The van der Waals surface area contributed by atoms with Gasteiger partial charge in [0.1, 0.15) is 0 Å². The van der Waals surface area contributed by atoms with Crippen LogP contribution in [-0.2, 0) is 23.1 Å². The van der Waals surface area contributed by atoms with Crippen molar-refractivity contribution < 1.29 is 8.42 Å². The Morgan fingerprint density at radius 2 is 2.00 bits per heavy atom. The molecule has 0 radical (unpaired) electrons. The molecule has 110 valence electrons. The maximum atomic E-state index is 12.3. The van der Waals surface area contributed by atoms with Crippen molar-refractivity contribution in [1.82, 2.24) is 9.29 Å². The van der Waals surface area contributed by atoms with Gasteiger partial charge in [-0.05, 0) is 32.8 Å². The first-order valence-electron chi connectivity index (χ1n) is 6.69. The van der Waals surface area contributed by atoms with Crippen molar-refractivity contribution >= 4 is 10.0 Å². The molecule has 0 fully saturated rings. The van der Waals surface area contributed by atoms with E-state index in [1.165, 1.54) is 0 Å². The Labute approximate surface area is 116 Å². The van der Waals surface area contributed by atoms with Gasteiger partial charge in [-0.2, -0.15) is 0 Å². The zero-order chi connectivity index (χ0) is 14.7. The highest BCUT2D eigenvalue weighted by molar-refractivity contribution is 7.89. The summed E-state index contributed by atoms with van der Waals surface area (Å²) in [6.07, 6.45) is 3.33. The van der Waals surface area contributed by atoms with Gasteiger partial charge in [0.05, 0.1) is 4.90 Å². The number of nitrogens with two attached hydrogens (primary N) is 1. The van der Waals surface area contributed by atoms with Gasteiger partial charge in [0, 0.05) is 30.5 Å². The Bertz CT molecular complexity index is 518. The van der Waals surface area contributed by atoms with E-state index < -0.39 is 15.6 Å². The summed E-state index contributed by atoms with van der Waals surface area (Å²) in [5.74, 6) is 0. The number of hydrogen-bond donors (Lipinski definition) is 2. The number of sulfonamides is 1. The van der Waals surface area contributed by atoms with Crippen LogP contribution in [0.1, 0.15) is 46.2 Å². The Morgan fingerprint density at radius 3 is 2.47 bits per heavy atom. The molecule has 0 amide bonds. The van der Waals surface area contributed by atoms with Gasteiger partial charge in [0.25, 0.3) is 0 Å². The molecule has 0 atom stereocenters. The van der Waals surface area contributed by atoms with Crippen molar-refractivity contribution in [1.29, 1.82) is 0 Å². The predicted octanol–water partition coefficient (Wildman–Crippen LogP) is 1.82. The van der Waals surface area contributed by atoms with E-state index in [9.17, 15) is 8.42 Å². The summed E-state index contributed by atoms with van der Waals surface area (Å²) in [5.41, 5.74) is 6.05. The molecule has 0 aliphatic heterocycles. The van der Waals surface area contributed by atoms with Crippen LogP contribution < -0.4 is 10.5 Å². The fourth-order valence-electron chi connectivity index (χ4n) is 1.79. The van der Waals surface area contributed by atoms with Crippen molar-refractivity contribution in [2.75, 3.05) is 0 Å². The van der Waals surface area contributed by atoms with Crippen LogP contribution in [0.2, 0.25) is 0 Å². The molecule has 19 heavy (non-hydrogen) atoms. The SMILES string of the molecule is CCCn1cc(S(=O)(=O)NC(C)(C)CC)cc1CN. The fraction of sp³-hybridized carbons (Fsp3) is 0.692. The van der Waals surface area contributed by atoms with Crippen LogP contribution >= 0.6 is 0 Å². The maximum absolute atomic E-state index is 12.3. The molecule has 1 heterocycles. The van der Waals surface area contributed by atoms with Gasteiger partial charge in [-0.25, -0.2) is 13.1 Å². The van der Waals surface area contributed by atoms with Crippen molar-refractivity contribution in [2.45, 2.75) is 64.1 Å². The normalized spacial score (nSPS) is 12.9. The number of aryl methyl sites for hydroxylation is 1. The van der Waals surface area contributed by atoms with Crippen LogP contribution in [0, 0.1) is 0 Å². The molecule has 1 rings (SSSR count). The zero-order valence-corrected chi connectivity index (χ0v) is 13.0. The van der Waals surface area contributed by atoms with E-state index in [1.54, 1.807) is 12.3 Å². The van der Waals surface area contributed by atoms with E-state index in [-0.39, 0.29) is 0 Å². The van der Waals surface area contributed by atoms with Crippen molar-refractivity contribution in [3.8, 4) is 0 Å². The average Bonchev–Trinajstić information content (AvgIpc) is 2.72. The topological polar surface area (TPSA) is 77.1 Å². The van der Waals surface area contributed by atoms with Crippen molar-refractivity contribution in [3.05, 3.63) is 18.0 Å². The van der Waals surface area contributed by atoms with E-state index in [2.05, 4.69) is 4.72 Å². The minimum absolute atomic E-state index is 0.294. The summed E-state index contributed by atoms with van der Waals surface area (Å²) in [6, 6.07) is 1.66. The fourth-order valence-corrected chi connectivity index (χ4v) is 3.33. The molecule has 0 aliphatic rings. The highest BCUT2D eigenvalue weighted by Crippen LogP contribution is 2.18. The van der Waals surface area contributed by atoms with Crippen LogP contribution in [0.15, 0.2) is 17.2 Å². The monoisotopic (exact) mass is 287 g/mol. The first-order chi connectivity index (χ1) is 8.75. The van der Waals surface area contributed by atoms with Gasteiger partial charge >= 0.3 is 0 Å². The molecule has 0 saturated carbocycles. The van der Waals surface area contributed by atoms with E-state index in [1.807, 2.05) is 32.3 Å². The molecule has 0 spiro atoms. The summed E-state index contributed by atoms with van der Waals surface area (Å²) in [4.78, 5) is 0.294. The van der Waals surface area contributed by atoms with Gasteiger partial charge < -0.3 is 10.3 Å². The quantitative estimate of drug-likeness (QED) is 0.803. The average molecular weight is 287 g/mol. The number of aromatic nitrogens is 1. The van der Waals surface area contributed by atoms with E-state index in [0.29, 0.717) is 11.4 Å². The first kappa shape index (κ1) is 16.2. The molecule has 0 aliphatic carbocycles. The van der Waals surface area contributed by atoms with Gasteiger partial charge in [-0.15, -0.1) is 0 Å². The predicted molar refractivity (Wildman–Crippen MR) is 77.3 cm³/mol. The van der Waals surface area contributed by atoms with E-state index in [0.717, 1.165) is 25.1 Å². The summed E-state index contributed by atoms with van der Waals surface area (Å²) in [5, 5.41) is 0. The van der Waals surface area contributed by atoms with Crippen LogP contribution in [0.5, 0.6) is 0 Å². The Hall–Kier alpha value is -0.850. The third-order valence-electron chi connectivity index (χ3n) is 3.24. The Kier molecular flexibility index (Phi) is 5.18. The summed E-state index contributed by atoms with van der Waals surface area (Å²) >= 11 is 0. The van der Waals surface area contributed by atoms with Gasteiger partial charge in [-0.1, -0.05) is 13.8 Å². The lowest BCUT2D eigenvalue weighted by Crippen LogP contribution is -2.42. The number of nitrogens with zero attached hydrogens (tertiary/aromatic N) is 1. The lowest BCUT2D eigenvalue weighted by Gasteiger charge is -2.23. The third-order valence-corrected chi connectivity index (χ3v) is 4.90. The lowest BCUT2D eigenvalue weighted by atomic mass is 10.0. The molecule has 0 unspecified atom stereocenters.